The lowest BCUT2D eigenvalue weighted by Crippen LogP contribution is -2.56. The lowest BCUT2D eigenvalue weighted by Gasteiger charge is -2.29. The molecule has 3 rings (SSSR count). The number of nitrogens with one attached hydrogen (secondary N) is 4. The summed E-state index contributed by atoms with van der Waals surface area (Å²) >= 11 is 1.05. The van der Waals surface area contributed by atoms with Crippen LogP contribution in [-0.2, 0) is 20.8 Å². The molecule has 0 bridgehead atoms. The van der Waals surface area contributed by atoms with Gasteiger partial charge >= 0.3 is 5.97 Å². The van der Waals surface area contributed by atoms with Crippen molar-refractivity contribution >= 4 is 53.2 Å². The number of rotatable bonds is 17. The molecule has 2 heterocycles. The normalized spacial score (nSPS) is 17.0. The van der Waals surface area contributed by atoms with Crippen LogP contribution in [0.4, 0.5) is 0 Å². The standard InChI is InChI=1S/C32H45N5O6S.ClH/c1-5-20(4)28(37-29(41)23-12-9-15-33-23)31(43)35-24(19(2)3)17-26(38)32-36-25(18-44-32)30(42)34-22(13-14-27(39)40)16-21-10-7-6-8-11-21;/h6-8,10-11,18-20,22-24,28,33H,5,9,12-17H2,1-4H3,(H,34,42)(H,35,43)(H,37,41)(H,39,40);1H/t20-,22+,23+,24+,28-;/m0./s1. The maximum Gasteiger partial charge on any atom is 0.303 e. The molecule has 248 valence electrons. The van der Waals surface area contributed by atoms with Crippen molar-refractivity contribution in [1.82, 2.24) is 26.3 Å². The first-order chi connectivity index (χ1) is 21.0. The van der Waals surface area contributed by atoms with Crippen molar-refractivity contribution in [2.45, 2.75) is 96.8 Å². The van der Waals surface area contributed by atoms with Crippen molar-refractivity contribution in [3.63, 3.8) is 0 Å². The summed E-state index contributed by atoms with van der Waals surface area (Å²) in [6.07, 6.45) is 2.92. The van der Waals surface area contributed by atoms with E-state index in [9.17, 15) is 24.0 Å². The van der Waals surface area contributed by atoms with Gasteiger partial charge in [0.15, 0.2) is 10.8 Å². The van der Waals surface area contributed by atoms with Crippen LogP contribution in [0.5, 0.6) is 0 Å². The lowest BCUT2D eigenvalue weighted by molar-refractivity contribution is -0.137. The zero-order chi connectivity index (χ0) is 32.2. The molecule has 0 unspecified atom stereocenters. The molecule has 0 aliphatic carbocycles. The highest BCUT2D eigenvalue weighted by Crippen LogP contribution is 2.18. The molecule has 1 fully saturated rings. The Morgan fingerprint density at radius 1 is 1.07 bits per heavy atom. The van der Waals surface area contributed by atoms with Crippen molar-refractivity contribution in [2.75, 3.05) is 6.54 Å². The number of carboxylic acid groups (broad SMARTS) is 1. The molecular formula is C32H46ClN5O6S. The Kier molecular flexibility index (Phi) is 15.6. The minimum Gasteiger partial charge on any atom is -0.481 e. The zero-order valence-electron chi connectivity index (χ0n) is 26.3. The topological polar surface area (TPSA) is 167 Å². The van der Waals surface area contributed by atoms with Gasteiger partial charge in [-0.15, -0.1) is 23.7 Å². The largest absolute Gasteiger partial charge is 0.481 e. The third-order valence-electron chi connectivity index (χ3n) is 8.05. The van der Waals surface area contributed by atoms with Gasteiger partial charge in [0.25, 0.3) is 5.91 Å². The Morgan fingerprint density at radius 2 is 1.78 bits per heavy atom. The number of hydrogen-bond donors (Lipinski definition) is 5. The smallest absolute Gasteiger partial charge is 0.303 e. The van der Waals surface area contributed by atoms with Crippen LogP contribution in [-0.4, -0.2) is 70.3 Å². The minimum atomic E-state index is -0.950. The van der Waals surface area contributed by atoms with E-state index in [-0.39, 0.29) is 77.8 Å². The number of halogens is 1. The summed E-state index contributed by atoms with van der Waals surface area (Å²) in [5.74, 6) is -2.45. The number of carbonyl (C=O) groups is 5. The van der Waals surface area contributed by atoms with Crippen molar-refractivity contribution in [1.29, 1.82) is 0 Å². The molecule has 5 atom stereocenters. The van der Waals surface area contributed by atoms with E-state index in [1.165, 1.54) is 5.38 Å². The number of aromatic nitrogens is 1. The summed E-state index contributed by atoms with van der Waals surface area (Å²) in [5, 5.41) is 22.7. The van der Waals surface area contributed by atoms with E-state index in [2.05, 4.69) is 26.3 Å². The highest BCUT2D eigenvalue weighted by molar-refractivity contribution is 7.11. The van der Waals surface area contributed by atoms with Crippen LogP contribution in [0.1, 0.15) is 92.1 Å². The second kappa shape index (κ2) is 18.6. The second-order valence-corrected chi connectivity index (χ2v) is 12.7. The molecule has 45 heavy (non-hydrogen) atoms. The van der Waals surface area contributed by atoms with Crippen molar-refractivity contribution in [3.8, 4) is 0 Å². The van der Waals surface area contributed by atoms with Crippen molar-refractivity contribution in [3.05, 3.63) is 52.0 Å². The monoisotopic (exact) mass is 663 g/mol. The highest BCUT2D eigenvalue weighted by atomic mass is 35.5. The molecule has 1 aromatic heterocycles. The fourth-order valence-corrected chi connectivity index (χ4v) is 5.81. The molecule has 13 heteroatoms. The molecule has 2 aromatic rings. The zero-order valence-corrected chi connectivity index (χ0v) is 28.0. The Morgan fingerprint density at radius 3 is 2.38 bits per heavy atom. The lowest BCUT2D eigenvalue weighted by atomic mass is 9.94. The molecular weight excluding hydrogens is 618 g/mol. The molecule has 11 nitrogen and oxygen atoms in total. The Hall–Kier alpha value is -3.35. The van der Waals surface area contributed by atoms with Gasteiger partial charge in [0.1, 0.15) is 11.7 Å². The van der Waals surface area contributed by atoms with Crippen LogP contribution in [0, 0.1) is 11.8 Å². The minimum absolute atomic E-state index is 0. The fourth-order valence-electron chi connectivity index (χ4n) is 5.06. The van der Waals surface area contributed by atoms with E-state index in [4.69, 9.17) is 5.11 Å². The number of benzene rings is 1. The van der Waals surface area contributed by atoms with Crippen LogP contribution in [0.25, 0.3) is 0 Å². The Bertz CT molecular complexity index is 1280. The second-order valence-electron chi connectivity index (χ2n) is 11.8. The third kappa shape index (κ3) is 11.8. The van der Waals surface area contributed by atoms with Gasteiger partial charge in [0.2, 0.25) is 11.8 Å². The summed E-state index contributed by atoms with van der Waals surface area (Å²) in [6, 6.07) is 7.50. The van der Waals surface area contributed by atoms with E-state index in [1.54, 1.807) is 0 Å². The Balaban J connectivity index is 0.00000705. The van der Waals surface area contributed by atoms with Crippen molar-refractivity contribution < 1.29 is 29.1 Å². The van der Waals surface area contributed by atoms with Gasteiger partial charge in [0.05, 0.1) is 6.04 Å². The van der Waals surface area contributed by atoms with Gasteiger partial charge in [0, 0.05) is 30.3 Å². The molecule has 1 aromatic carbocycles. The van der Waals surface area contributed by atoms with E-state index >= 15 is 0 Å². The number of nitrogens with zero attached hydrogens (tertiary/aromatic N) is 1. The number of Topliss-reactive ketones (excluding diaryl/α,β-unsaturated/α-hetero) is 1. The van der Waals surface area contributed by atoms with Crippen LogP contribution < -0.4 is 21.3 Å². The number of hydrogen-bond acceptors (Lipinski definition) is 8. The van der Waals surface area contributed by atoms with E-state index < -0.39 is 30.0 Å². The molecule has 0 radical (unpaired) electrons. The van der Waals surface area contributed by atoms with Gasteiger partial charge < -0.3 is 26.4 Å². The number of carbonyl (C=O) groups excluding carboxylic acids is 4. The average Bonchev–Trinajstić information content (AvgIpc) is 3.71. The summed E-state index contributed by atoms with van der Waals surface area (Å²) < 4.78 is 0. The molecule has 0 saturated carbocycles. The van der Waals surface area contributed by atoms with Gasteiger partial charge in [-0.2, -0.15) is 0 Å². The van der Waals surface area contributed by atoms with Gasteiger partial charge in [-0.25, -0.2) is 4.98 Å². The number of amides is 3. The molecule has 3 amide bonds. The van der Waals surface area contributed by atoms with Crippen LogP contribution in [0.3, 0.4) is 0 Å². The summed E-state index contributed by atoms with van der Waals surface area (Å²) in [4.78, 5) is 67.9. The first kappa shape index (κ1) is 37.8. The predicted octanol–water partition coefficient (Wildman–Crippen LogP) is 3.77. The first-order valence-electron chi connectivity index (χ1n) is 15.4. The number of ketones is 1. The van der Waals surface area contributed by atoms with Crippen LogP contribution >= 0.6 is 23.7 Å². The number of thiazole rings is 1. The SMILES string of the molecule is CC[C@H](C)[C@H](NC(=O)[C@H]1CCCN1)C(=O)N[C@H](CC(=O)c1nc(C(=O)N[C@H](CCC(=O)O)Cc2ccccc2)cs1)C(C)C.Cl. The molecule has 0 spiro atoms. The van der Waals surface area contributed by atoms with Gasteiger partial charge in [-0.1, -0.05) is 64.4 Å². The van der Waals surface area contributed by atoms with E-state index in [0.29, 0.717) is 12.8 Å². The molecule has 5 N–H and O–H groups in total. The van der Waals surface area contributed by atoms with Crippen LogP contribution in [0.2, 0.25) is 0 Å². The van der Waals surface area contributed by atoms with Crippen LogP contribution in [0.15, 0.2) is 35.7 Å². The predicted molar refractivity (Wildman–Crippen MR) is 176 cm³/mol. The van der Waals surface area contributed by atoms with Gasteiger partial charge in [-0.3, -0.25) is 24.0 Å². The molecule has 1 saturated heterocycles. The molecule has 1 aliphatic rings. The fraction of sp³-hybridized carbons (Fsp3) is 0.562. The summed E-state index contributed by atoms with van der Waals surface area (Å²) in [7, 11) is 0. The Labute approximate surface area is 275 Å². The maximum absolute atomic E-state index is 13.4. The van der Waals surface area contributed by atoms with E-state index in [0.717, 1.165) is 36.3 Å². The molecule has 1 aliphatic heterocycles. The third-order valence-corrected chi connectivity index (χ3v) is 8.93. The number of carboxylic acids is 1. The summed E-state index contributed by atoms with van der Waals surface area (Å²) in [5.41, 5.74) is 1.04. The van der Waals surface area contributed by atoms with Gasteiger partial charge in [-0.05, 0) is 49.6 Å². The first-order valence-corrected chi connectivity index (χ1v) is 16.3. The summed E-state index contributed by atoms with van der Waals surface area (Å²) in [6.45, 7) is 8.45. The van der Waals surface area contributed by atoms with Crippen molar-refractivity contribution in [2.24, 2.45) is 11.8 Å². The van der Waals surface area contributed by atoms with E-state index in [1.807, 2.05) is 58.0 Å². The number of aliphatic carboxylic acids is 1. The quantitative estimate of drug-likeness (QED) is 0.160. The maximum atomic E-state index is 13.4. The highest BCUT2D eigenvalue weighted by Gasteiger charge is 2.32. The average molecular weight is 664 g/mol.